The summed E-state index contributed by atoms with van der Waals surface area (Å²) in [5, 5.41) is 4.19. The molecule has 0 aliphatic carbocycles. The molecule has 2 heterocycles. The van der Waals surface area contributed by atoms with Gasteiger partial charge in [-0.3, -0.25) is 9.98 Å². The van der Waals surface area contributed by atoms with Crippen LogP contribution in [0.3, 0.4) is 0 Å². The van der Waals surface area contributed by atoms with Crippen molar-refractivity contribution in [3.63, 3.8) is 0 Å². The van der Waals surface area contributed by atoms with E-state index in [1.165, 1.54) is 32.0 Å². The summed E-state index contributed by atoms with van der Waals surface area (Å²) in [6.45, 7) is 4.22. The molecule has 2 aromatic heterocycles. The second kappa shape index (κ2) is 9.12. The molecule has 0 aliphatic heterocycles. The zero-order chi connectivity index (χ0) is 20.1. The number of nitrogens with zero attached hydrogens (tertiary/aromatic N) is 2. The average Bonchev–Trinajstić information content (AvgIpc) is 3.34. The zero-order valence-corrected chi connectivity index (χ0v) is 18.1. The quantitative estimate of drug-likeness (QED) is 0.292. The molecule has 4 aromatic rings. The standard InChI is InChI=1S/C25H22N2S2/c1-18-11-13-28-24(18)16-26-22-7-3-20(4-8-22)15-21-5-9-23(10-6-21)27-17-25-19(2)12-14-29-25/h3-14,16-17H,15H2,1-2H3. The second-order valence-corrected chi connectivity index (χ2v) is 8.86. The minimum atomic E-state index is 0.905. The van der Waals surface area contributed by atoms with E-state index in [4.69, 9.17) is 0 Å². The van der Waals surface area contributed by atoms with E-state index < -0.39 is 0 Å². The lowest BCUT2D eigenvalue weighted by Gasteiger charge is -2.03. The summed E-state index contributed by atoms with van der Waals surface area (Å²) in [7, 11) is 0. The van der Waals surface area contributed by atoms with Crippen molar-refractivity contribution in [2.24, 2.45) is 9.98 Å². The first kappa shape index (κ1) is 19.5. The third-order valence-electron chi connectivity index (χ3n) is 4.75. The van der Waals surface area contributed by atoms with Crippen LogP contribution in [0.4, 0.5) is 11.4 Å². The van der Waals surface area contributed by atoms with E-state index in [2.05, 4.69) is 95.3 Å². The molecule has 2 aromatic carbocycles. The van der Waals surface area contributed by atoms with Crippen LogP contribution in [0.2, 0.25) is 0 Å². The first-order valence-electron chi connectivity index (χ1n) is 9.51. The lowest BCUT2D eigenvalue weighted by Crippen LogP contribution is -1.87. The highest BCUT2D eigenvalue weighted by Crippen LogP contribution is 2.20. The molecule has 2 nitrogen and oxygen atoms in total. The Kier molecular flexibility index (Phi) is 6.13. The highest BCUT2D eigenvalue weighted by Gasteiger charge is 2.00. The molecule has 0 unspecified atom stereocenters. The van der Waals surface area contributed by atoms with Gasteiger partial charge in [0, 0.05) is 22.2 Å². The topological polar surface area (TPSA) is 24.7 Å². The summed E-state index contributed by atoms with van der Waals surface area (Å²) in [6, 6.07) is 21.2. The van der Waals surface area contributed by atoms with Gasteiger partial charge in [-0.25, -0.2) is 0 Å². The Hall–Kier alpha value is -2.82. The molecule has 0 aliphatic rings. The molecule has 0 spiro atoms. The molecular formula is C25H22N2S2. The predicted molar refractivity (Wildman–Crippen MR) is 128 cm³/mol. The van der Waals surface area contributed by atoms with Crippen LogP contribution in [0, 0.1) is 13.8 Å². The van der Waals surface area contributed by atoms with Gasteiger partial charge in [0.25, 0.3) is 0 Å². The maximum Gasteiger partial charge on any atom is 0.0630 e. The summed E-state index contributed by atoms with van der Waals surface area (Å²) >= 11 is 3.44. The Labute approximate surface area is 179 Å². The minimum absolute atomic E-state index is 0.905. The van der Waals surface area contributed by atoms with Gasteiger partial charge in [-0.1, -0.05) is 24.3 Å². The van der Waals surface area contributed by atoms with E-state index >= 15 is 0 Å². The van der Waals surface area contributed by atoms with E-state index in [1.807, 2.05) is 12.4 Å². The maximum atomic E-state index is 4.59. The van der Waals surface area contributed by atoms with Crippen molar-refractivity contribution in [2.75, 3.05) is 0 Å². The van der Waals surface area contributed by atoms with Crippen LogP contribution >= 0.6 is 22.7 Å². The van der Waals surface area contributed by atoms with E-state index in [0.717, 1.165) is 17.8 Å². The molecule has 0 saturated carbocycles. The highest BCUT2D eigenvalue weighted by atomic mass is 32.1. The van der Waals surface area contributed by atoms with Gasteiger partial charge in [0.1, 0.15) is 0 Å². The van der Waals surface area contributed by atoms with Crippen molar-refractivity contribution in [1.82, 2.24) is 0 Å². The number of thiophene rings is 2. The molecular weight excluding hydrogens is 392 g/mol. The van der Waals surface area contributed by atoms with Crippen LogP contribution in [0.1, 0.15) is 32.0 Å². The lowest BCUT2D eigenvalue weighted by molar-refractivity contribution is 1.19. The number of aryl methyl sites for hydroxylation is 2. The largest absolute Gasteiger partial charge is 0.255 e. The average molecular weight is 415 g/mol. The summed E-state index contributed by atoms with van der Waals surface area (Å²) in [5.74, 6) is 0. The normalized spacial score (nSPS) is 11.7. The van der Waals surface area contributed by atoms with Gasteiger partial charge in [0.2, 0.25) is 0 Å². The SMILES string of the molecule is Cc1ccsc1C=Nc1ccc(Cc2ccc(N=Cc3sccc3C)cc2)cc1. The summed E-state index contributed by atoms with van der Waals surface area (Å²) in [4.78, 5) is 11.6. The van der Waals surface area contributed by atoms with Gasteiger partial charge in [0.15, 0.2) is 0 Å². The van der Waals surface area contributed by atoms with Gasteiger partial charge in [-0.15, -0.1) is 22.7 Å². The molecule has 0 atom stereocenters. The van der Waals surface area contributed by atoms with Crippen molar-refractivity contribution >= 4 is 46.5 Å². The summed E-state index contributed by atoms with van der Waals surface area (Å²) in [6.07, 6.45) is 4.81. The van der Waals surface area contributed by atoms with Crippen molar-refractivity contribution in [3.05, 3.63) is 103 Å². The maximum absolute atomic E-state index is 4.59. The van der Waals surface area contributed by atoms with Crippen LogP contribution in [0.15, 0.2) is 81.4 Å². The van der Waals surface area contributed by atoms with E-state index in [1.54, 1.807) is 22.7 Å². The van der Waals surface area contributed by atoms with E-state index in [0.29, 0.717) is 0 Å². The third-order valence-corrected chi connectivity index (χ3v) is 6.65. The molecule has 0 fully saturated rings. The first-order chi connectivity index (χ1) is 14.2. The fraction of sp³-hybridized carbons (Fsp3) is 0.120. The van der Waals surface area contributed by atoms with Crippen LogP contribution in [0.25, 0.3) is 0 Å². The molecule has 29 heavy (non-hydrogen) atoms. The molecule has 0 amide bonds. The minimum Gasteiger partial charge on any atom is -0.255 e. The van der Waals surface area contributed by atoms with E-state index in [9.17, 15) is 0 Å². The number of rotatable bonds is 6. The summed E-state index contributed by atoms with van der Waals surface area (Å²) in [5.41, 5.74) is 7.07. The fourth-order valence-electron chi connectivity index (χ4n) is 2.94. The van der Waals surface area contributed by atoms with Crippen molar-refractivity contribution < 1.29 is 0 Å². The van der Waals surface area contributed by atoms with E-state index in [-0.39, 0.29) is 0 Å². The molecule has 4 rings (SSSR count). The third kappa shape index (κ3) is 5.17. The van der Waals surface area contributed by atoms with Crippen molar-refractivity contribution in [1.29, 1.82) is 0 Å². The predicted octanol–water partition coefficient (Wildman–Crippen LogP) is 7.52. The lowest BCUT2D eigenvalue weighted by atomic mass is 10.0. The smallest absolute Gasteiger partial charge is 0.0630 e. The molecule has 4 heteroatoms. The number of hydrogen-bond donors (Lipinski definition) is 0. The van der Waals surface area contributed by atoms with Gasteiger partial charge >= 0.3 is 0 Å². The fourth-order valence-corrected chi connectivity index (χ4v) is 4.51. The van der Waals surface area contributed by atoms with Gasteiger partial charge in [0.05, 0.1) is 11.4 Å². The highest BCUT2D eigenvalue weighted by molar-refractivity contribution is 7.12. The van der Waals surface area contributed by atoms with Crippen LogP contribution in [-0.2, 0) is 6.42 Å². The van der Waals surface area contributed by atoms with Gasteiger partial charge in [-0.05, 0) is 89.7 Å². The Morgan fingerprint density at radius 1 is 0.621 bits per heavy atom. The molecule has 144 valence electrons. The van der Waals surface area contributed by atoms with Crippen LogP contribution in [0.5, 0.6) is 0 Å². The Morgan fingerprint density at radius 3 is 1.38 bits per heavy atom. The Bertz CT molecular complexity index is 1040. The first-order valence-corrected chi connectivity index (χ1v) is 11.3. The van der Waals surface area contributed by atoms with Crippen LogP contribution in [-0.4, -0.2) is 12.4 Å². The van der Waals surface area contributed by atoms with Crippen LogP contribution < -0.4 is 0 Å². The monoisotopic (exact) mass is 414 g/mol. The molecule has 0 bridgehead atoms. The number of hydrogen-bond acceptors (Lipinski definition) is 4. The molecule has 0 saturated heterocycles. The van der Waals surface area contributed by atoms with Crippen molar-refractivity contribution in [3.8, 4) is 0 Å². The van der Waals surface area contributed by atoms with Gasteiger partial charge in [-0.2, -0.15) is 0 Å². The zero-order valence-electron chi connectivity index (χ0n) is 16.5. The number of aliphatic imine (C=N–C) groups is 2. The molecule has 0 N–H and O–H groups in total. The summed E-state index contributed by atoms with van der Waals surface area (Å²) < 4.78 is 0. The second-order valence-electron chi connectivity index (χ2n) is 6.96. The molecule has 0 radical (unpaired) electrons. The number of benzene rings is 2. The Balaban J connectivity index is 1.38. The van der Waals surface area contributed by atoms with Crippen molar-refractivity contribution in [2.45, 2.75) is 20.3 Å². The van der Waals surface area contributed by atoms with Gasteiger partial charge < -0.3 is 0 Å². The Morgan fingerprint density at radius 2 is 1.03 bits per heavy atom.